The third-order valence-corrected chi connectivity index (χ3v) is 27.2. The lowest BCUT2D eigenvalue weighted by Crippen LogP contribution is -2.44. The number of unbranched alkanes of at least 4 members (excludes halogenated alkanes) is 4. The number of halogens is 2. The monoisotopic (exact) mass is 1070 g/mol. The molecule has 2 aliphatic carbocycles. The Hall–Kier alpha value is -1.38. The largest absolute Gasteiger partial charge is 0.414 e. The molecule has 0 bridgehead atoms. The lowest BCUT2D eigenvalue weighted by Gasteiger charge is -2.40. The van der Waals surface area contributed by atoms with Crippen LogP contribution in [-0.4, -0.2) is 70.6 Å². The number of ketones is 1. The Labute approximate surface area is 451 Å². The third-order valence-electron chi connectivity index (χ3n) is 17.3. The summed E-state index contributed by atoms with van der Waals surface area (Å²) in [5.41, 5.74) is 5.80. The topological polar surface area (TPSA) is 72.5 Å². The molecule has 10 atom stereocenters. The van der Waals surface area contributed by atoms with E-state index in [2.05, 4.69) is 120 Å². The van der Waals surface area contributed by atoms with Gasteiger partial charge in [-0.15, -0.1) is 0 Å². The Morgan fingerprint density at radius 2 is 1.00 bits per heavy atom. The summed E-state index contributed by atoms with van der Waals surface area (Å²) in [6, 6.07) is 12.4. The maximum Gasteiger partial charge on any atom is 0.192 e. The van der Waals surface area contributed by atoms with Crippen molar-refractivity contribution in [2.45, 2.75) is 271 Å². The summed E-state index contributed by atoms with van der Waals surface area (Å²) in [5, 5.41) is 1.94. The second-order valence-electron chi connectivity index (χ2n) is 26.3. The van der Waals surface area contributed by atoms with Crippen molar-refractivity contribution in [3.05, 3.63) is 80.8 Å². The molecule has 2 saturated heterocycles. The van der Waals surface area contributed by atoms with Crippen LogP contribution in [0.4, 0.5) is 0 Å². The van der Waals surface area contributed by atoms with Gasteiger partial charge in [0.05, 0.1) is 12.2 Å². The van der Waals surface area contributed by atoms with Crippen molar-refractivity contribution in [1.29, 1.82) is 0 Å². The lowest BCUT2D eigenvalue weighted by atomic mass is 9.83. The second-order valence-corrected chi connectivity index (χ2v) is 36.6. The molecule has 2 heterocycles. The van der Waals surface area contributed by atoms with Crippen LogP contribution >= 0.6 is 23.2 Å². The number of rotatable bonds is 22. The van der Waals surface area contributed by atoms with Crippen LogP contribution in [0, 0.1) is 37.5 Å². The minimum Gasteiger partial charge on any atom is -0.414 e. The number of hydrogen-bond acceptors (Lipinski definition) is 7. The Balaban J connectivity index is 0.000000267. The quantitative estimate of drug-likeness (QED) is 0.0661. The molecule has 4 fully saturated rings. The summed E-state index contributed by atoms with van der Waals surface area (Å²) in [6.07, 6.45) is 14.8. The van der Waals surface area contributed by atoms with E-state index in [0.29, 0.717) is 24.4 Å². The van der Waals surface area contributed by atoms with Crippen LogP contribution < -0.4 is 0 Å². The summed E-state index contributed by atoms with van der Waals surface area (Å²) in [5.74, 6) is -0.552. The highest BCUT2D eigenvalue weighted by atomic mass is 35.5. The fraction of sp³-hybridized carbons (Fsp3) is 0.754. The van der Waals surface area contributed by atoms with Gasteiger partial charge >= 0.3 is 0 Å². The first-order valence-corrected chi connectivity index (χ1v) is 34.7. The van der Waals surface area contributed by atoms with Gasteiger partial charge in [0, 0.05) is 28.2 Å². The molecule has 6 rings (SSSR count). The van der Waals surface area contributed by atoms with Crippen molar-refractivity contribution in [3.63, 3.8) is 0 Å². The molecule has 2 saturated carbocycles. The Kier molecular flexibility index (Phi) is 21.3. The number of fused-ring (bicyclic) bond motifs is 2. The van der Waals surface area contributed by atoms with E-state index < -0.39 is 34.3 Å². The Morgan fingerprint density at radius 1 is 0.611 bits per heavy atom. The fourth-order valence-corrected chi connectivity index (χ4v) is 14.5. The maximum atomic E-state index is 13.6. The van der Waals surface area contributed by atoms with Gasteiger partial charge < -0.3 is 27.8 Å². The standard InChI is InChI=1S/C31H51ClO3Si.C30H49ClO4Si/c1-11-12-13-14-24(35-36(9,10)30(4,5)6)16-17-25-26(20-23-19-21(2)15-18-27(23)32)22(3)28-29(25)34-31(7,8)33-28;1-10-11-12-13-22(35-36(8,9)29(3,4)5)15-16-23-24(19-21-18-20(2)14-17-25(21)31)26(32)28-27(23)33-30(6,7)34-28/h15,18-19,24-26,28-29H,3,11-14,16-17,20H2,1-2,4-10H3;14,17-18,22-24,27-28H,10-13,15-16,19H2,1-9H3/t24-,25+,26-,28+,29-;22-,23+,24+,27-,28+/m00/s1. The van der Waals surface area contributed by atoms with Crippen LogP contribution in [0.25, 0.3) is 0 Å². The minimum absolute atomic E-state index is 0.0431. The zero-order valence-electron chi connectivity index (χ0n) is 48.5. The molecular formula is C61H100Cl2O7Si2. The number of benzene rings is 2. The van der Waals surface area contributed by atoms with Gasteiger partial charge in [0.2, 0.25) is 0 Å². The first-order chi connectivity index (χ1) is 33.3. The summed E-state index contributed by atoms with van der Waals surface area (Å²) in [7, 11) is -3.75. The fourth-order valence-electron chi connectivity index (χ4n) is 11.2. The number of carbonyl (C=O) groups excluding carboxylic acids is 1. The third kappa shape index (κ3) is 15.9. The number of ether oxygens (including phenoxy) is 4. The van der Waals surface area contributed by atoms with Crippen LogP contribution in [0.5, 0.6) is 0 Å². The summed E-state index contributed by atoms with van der Waals surface area (Å²) < 4.78 is 39.3. The molecule has 7 nitrogen and oxygen atoms in total. The second kappa shape index (κ2) is 25.0. The molecule has 0 spiro atoms. The van der Waals surface area contributed by atoms with Gasteiger partial charge in [-0.3, -0.25) is 4.79 Å². The van der Waals surface area contributed by atoms with E-state index in [0.717, 1.165) is 66.1 Å². The van der Waals surface area contributed by atoms with Crippen LogP contribution in [-0.2, 0) is 45.4 Å². The normalized spacial score (nSPS) is 26.9. The van der Waals surface area contributed by atoms with Gasteiger partial charge in [0.25, 0.3) is 0 Å². The van der Waals surface area contributed by atoms with E-state index >= 15 is 0 Å². The van der Waals surface area contributed by atoms with Crippen molar-refractivity contribution < 1.29 is 32.6 Å². The smallest absolute Gasteiger partial charge is 0.192 e. The van der Waals surface area contributed by atoms with E-state index in [1.165, 1.54) is 55.2 Å². The highest BCUT2D eigenvalue weighted by Gasteiger charge is 2.59. The van der Waals surface area contributed by atoms with Gasteiger partial charge in [0.15, 0.2) is 34.0 Å². The molecule has 0 unspecified atom stereocenters. The molecule has 0 amide bonds. The van der Waals surface area contributed by atoms with Crippen molar-refractivity contribution >= 4 is 45.6 Å². The van der Waals surface area contributed by atoms with Crippen LogP contribution in [0.2, 0.25) is 46.3 Å². The average molecular weight is 1070 g/mol. The van der Waals surface area contributed by atoms with Gasteiger partial charge in [-0.2, -0.15) is 0 Å². The number of aryl methyl sites for hydroxylation is 2. The molecule has 2 aromatic rings. The Morgan fingerprint density at radius 3 is 1.42 bits per heavy atom. The van der Waals surface area contributed by atoms with Crippen LogP contribution in [0.15, 0.2) is 48.6 Å². The molecule has 0 radical (unpaired) electrons. The first-order valence-electron chi connectivity index (χ1n) is 28.1. The van der Waals surface area contributed by atoms with E-state index in [1.54, 1.807) is 0 Å². The molecule has 2 aliphatic heterocycles. The zero-order chi connectivity index (χ0) is 53.8. The van der Waals surface area contributed by atoms with E-state index in [9.17, 15) is 4.79 Å². The molecule has 0 aromatic heterocycles. The minimum atomic E-state index is -1.90. The summed E-state index contributed by atoms with van der Waals surface area (Å²) >= 11 is 13.2. The van der Waals surface area contributed by atoms with E-state index in [1.807, 2.05) is 45.9 Å². The Bertz CT molecular complexity index is 1960. The van der Waals surface area contributed by atoms with Gasteiger partial charge in [-0.25, -0.2) is 0 Å². The maximum absolute atomic E-state index is 13.6. The molecule has 72 heavy (non-hydrogen) atoms. The highest BCUT2D eigenvalue weighted by molar-refractivity contribution is 6.74. The van der Waals surface area contributed by atoms with Gasteiger partial charge in [-0.05, 0) is 176 Å². The first kappa shape index (κ1) is 61.5. The highest BCUT2D eigenvalue weighted by Crippen LogP contribution is 2.52. The average Bonchev–Trinajstić information content (AvgIpc) is 3.91. The predicted molar refractivity (Wildman–Crippen MR) is 306 cm³/mol. The number of Topliss-reactive ketones (excluding diaryl/α,β-unsaturated/α-hetero) is 1. The van der Waals surface area contributed by atoms with Crippen LogP contribution in [0.1, 0.15) is 182 Å². The van der Waals surface area contributed by atoms with E-state index in [4.69, 9.17) is 51.0 Å². The van der Waals surface area contributed by atoms with E-state index in [-0.39, 0.29) is 52.1 Å². The molecule has 11 heteroatoms. The van der Waals surface area contributed by atoms with Crippen LogP contribution in [0.3, 0.4) is 0 Å². The zero-order valence-corrected chi connectivity index (χ0v) is 52.0. The molecule has 408 valence electrons. The lowest BCUT2D eigenvalue weighted by molar-refractivity contribution is -0.167. The summed E-state index contributed by atoms with van der Waals surface area (Å²) in [6.45, 7) is 44.5. The van der Waals surface area contributed by atoms with Crippen molar-refractivity contribution in [3.8, 4) is 0 Å². The molecule has 4 aliphatic rings. The predicted octanol–water partition coefficient (Wildman–Crippen LogP) is 17.5. The van der Waals surface area contributed by atoms with Gasteiger partial charge in [0.1, 0.15) is 12.2 Å². The summed E-state index contributed by atoms with van der Waals surface area (Å²) in [4.78, 5) is 13.6. The number of hydrogen-bond donors (Lipinski definition) is 0. The van der Waals surface area contributed by atoms with Crippen molar-refractivity contribution in [2.75, 3.05) is 0 Å². The SMILES string of the molecule is C=C1[C@H]2OC(C)(C)O[C@H]2[C@H](CC[C@H](CCCCC)O[Si](C)(C)C(C)(C)C)[C@H]1Cc1cc(C)ccc1Cl.CCCCC[C@@H](CC[C@H]1[C@@H]2OC(C)(C)O[C@@H]2C(=O)[C@@H]1Cc1cc(C)ccc1Cl)O[Si](C)(C)C(C)(C)C. The van der Waals surface area contributed by atoms with Crippen molar-refractivity contribution in [1.82, 2.24) is 0 Å². The van der Waals surface area contributed by atoms with Crippen molar-refractivity contribution in [2.24, 2.45) is 23.7 Å². The number of carbonyl (C=O) groups is 1. The molecule has 2 aromatic carbocycles. The molecular weight excluding hydrogens is 972 g/mol. The van der Waals surface area contributed by atoms with Gasteiger partial charge in [-0.1, -0.05) is 159 Å². The molecule has 0 N–H and O–H groups in total.